The predicted octanol–water partition coefficient (Wildman–Crippen LogP) is 3.56. The second-order valence-corrected chi connectivity index (χ2v) is 6.49. The summed E-state index contributed by atoms with van der Waals surface area (Å²) in [4.78, 5) is 9.38. The van der Waals surface area contributed by atoms with Crippen molar-refractivity contribution >= 4 is 22.8 Å². The first-order chi connectivity index (χ1) is 9.43. The molecule has 0 amide bonds. The van der Waals surface area contributed by atoms with Crippen LogP contribution in [0, 0.1) is 6.92 Å². The molecule has 2 aromatic rings. The molecule has 3 unspecified atom stereocenters. The smallest absolute Gasteiger partial charge is 0.160 e. The van der Waals surface area contributed by atoms with Crippen LogP contribution in [-0.4, -0.2) is 27.2 Å². The second-order valence-electron chi connectivity index (χ2n) is 5.84. The lowest BCUT2D eigenvalue weighted by Crippen LogP contribution is -2.38. The van der Waals surface area contributed by atoms with Gasteiger partial charge in [0.15, 0.2) is 5.65 Å². The quantitative estimate of drug-likeness (QED) is 0.795. The summed E-state index contributed by atoms with van der Waals surface area (Å²) in [7, 11) is 0. The summed E-state index contributed by atoms with van der Waals surface area (Å²) in [6.45, 7) is 9.03. The Morgan fingerprint density at radius 2 is 2.20 bits per heavy atom. The summed E-state index contributed by atoms with van der Waals surface area (Å²) in [5.41, 5.74) is 2.65. The molecular formula is C15H20ClN3O. The number of hydrogen-bond acceptors (Lipinski definition) is 3. The summed E-state index contributed by atoms with van der Waals surface area (Å²) in [5, 5.41) is -0.158. The highest BCUT2D eigenvalue weighted by Gasteiger charge is 2.42. The van der Waals surface area contributed by atoms with Crippen molar-refractivity contribution in [2.75, 3.05) is 6.61 Å². The molecular weight excluding hydrogens is 274 g/mol. The van der Waals surface area contributed by atoms with E-state index in [0.717, 1.165) is 35.7 Å². The van der Waals surface area contributed by atoms with Crippen molar-refractivity contribution in [1.82, 2.24) is 14.5 Å². The van der Waals surface area contributed by atoms with E-state index < -0.39 is 0 Å². The fourth-order valence-electron chi connectivity index (χ4n) is 2.96. The number of pyridine rings is 1. The fraction of sp³-hybridized carbons (Fsp3) is 0.600. The summed E-state index contributed by atoms with van der Waals surface area (Å²) in [6.07, 6.45) is 1.07. The van der Waals surface area contributed by atoms with Crippen LogP contribution >= 0.6 is 11.6 Å². The van der Waals surface area contributed by atoms with Crippen molar-refractivity contribution in [1.29, 1.82) is 0 Å². The van der Waals surface area contributed by atoms with E-state index in [2.05, 4.69) is 23.4 Å². The van der Waals surface area contributed by atoms with Gasteiger partial charge < -0.3 is 9.30 Å². The first-order valence-corrected chi connectivity index (χ1v) is 7.49. The van der Waals surface area contributed by atoms with Gasteiger partial charge in [-0.15, -0.1) is 11.6 Å². The summed E-state index contributed by atoms with van der Waals surface area (Å²) in [6, 6.07) is 4.00. The number of nitrogens with zero attached hydrogens (tertiary/aromatic N) is 3. The molecule has 1 aliphatic rings. The fourth-order valence-corrected chi connectivity index (χ4v) is 3.10. The van der Waals surface area contributed by atoms with E-state index in [-0.39, 0.29) is 17.0 Å². The van der Waals surface area contributed by atoms with E-state index in [0.29, 0.717) is 0 Å². The minimum absolute atomic E-state index is 0.122. The Balaban J connectivity index is 2.31. The number of rotatable bonds is 2. The van der Waals surface area contributed by atoms with Crippen molar-refractivity contribution in [3.8, 4) is 0 Å². The molecule has 0 aromatic carbocycles. The van der Waals surface area contributed by atoms with Gasteiger partial charge in [-0.05, 0) is 46.2 Å². The van der Waals surface area contributed by atoms with Crippen LogP contribution in [0.2, 0.25) is 0 Å². The number of imidazole rings is 1. The van der Waals surface area contributed by atoms with E-state index in [4.69, 9.17) is 21.3 Å². The molecule has 5 heteroatoms. The van der Waals surface area contributed by atoms with E-state index in [1.54, 1.807) is 0 Å². The molecule has 0 aliphatic carbocycles. The minimum atomic E-state index is -0.158. The zero-order chi connectivity index (χ0) is 14.5. The Morgan fingerprint density at radius 1 is 1.45 bits per heavy atom. The van der Waals surface area contributed by atoms with Gasteiger partial charge in [0.05, 0.1) is 17.0 Å². The van der Waals surface area contributed by atoms with Gasteiger partial charge >= 0.3 is 0 Å². The summed E-state index contributed by atoms with van der Waals surface area (Å²) < 4.78 is 7.99. The average Bonchev–Trinajstić information content (AvgIpc) is 2.91. The maximum atomic E-state index is 6.36. The lowest BCUT2D eigenvalue weighted by atomic mass is 9.94. The molecule has 3 heterocycles. The number of ether oxygens (including phenoxy) is 1. The van der Waals surface area contributed by atoms with E-state index in [1.165, 1.54) is 0 Å². The molecule has 0 N–H and O–H groups in total. The van der Waals surface area contributed by atoms with Crippen LogP contribution in [0.1, 0.15) is 44.1 Å². The minimum Gasteiger partial charge on any atom is -0.376 e. The molecule has 0 bridgehead atoms. The first kappa shape index (κ1) is 13.8. The van der Waals surface area contributed by atoms with Crippen LogP contribution in [0.3, 0.4) is 0 Å². The van der Waals surface area contributed by atoms with E-state index in [1.807, 2.05) is 26.0 Å². The van der Waals surface area contributed by atoms with Gasteiger partial charge in [0.25, 0.3) is 0 Å². The highest BCUT2D eigenvalue weighted by atomic mass is 35.5. The van der Waals surface area contributed by atoms with Gasteiger partial charge in [0.1, 0.15) is 11.3 Å². The molecule has 20 heavy (non-hydrogen) atoms. The first-order valence-electron chi connectivity index (χ1n) is 7.05. The predicted molar refractivity (Wildman–Crippen MR) is 80.2 cm³/mol. The molecule has 3 atom stereocenters. The maximum absolute atomic E-state index is 6.36. The third kappa shape index (κ3) is 1.93. The largest absolute Gasteiger partial charge is 0.376 e. The maximum Gasteiger partial charge on any atom is 0.160 e. The van der Waals surface area contributed by atoms with Crippen LogP contribution < -0.4 is 0 Å². The summed E-state index contributed by atoms with van der Waals surface area (Å²) in [5.74, 6) is 0.875. The molecule has 0 radical (unpaired) electrons. The van der Waals surface area contributed by atoms with Crippen molar-refractivity contribution in [2.45, 2.75) is 51.1 Å². The summed E-state index contributed by atoms with van der Waals surface area (Å²) >= 11 is 6.36. The second kappa shape index (κ2) is 4.71. The van der Waals surface area contributed by atoms with Crippen molar-refractivity contribution in [2.24, 2.45) is 0 Å². The molecule has 4 nitrogen and oxygen atoms in total. The van der Waals surface area contributed by atoms with Gasteiger partial charge in [-0.25, -0.2) is 9.97 Å². The van der Waals surface area contributed by atoms with Crippen molar-refractivity contribution in [3.63, 3.8) is 0 Å². The normalized spacial score (nSPS) is 28.1. The van der Waals surface area contributed by atoms with Gasteiger partial charge in [-0.3, -0.25) is 0 Å². The Bertz CT molecular complexity index is 652. The molecule has 2 aromatic heterocycles. The van der Waals surface area contributed by atoms with Crippen LogP contribution in [0.4, 0.5) is 0 Å². The van der Waals surface area contributed by atoms with Gasteiger partial charge in [-0.2, -0.15) is 0 Å². The van der Waals surface area contributed by atoms with Crippen molar-refractivity contribution < 1.29 is 4.74 Å². The molecule has 1 fully saturated rings. The average molecular weight is 294 g/mol. The molecule has 108 valence electrons. The highest BCUT2D eigenvalue weighted by Crippen LogP contribution is 2.38. The molecule has 1 saturated heterocycles. The number of hydrogen-bond donors (Lipinski definition) is 0. The Hall–Kier alpha value is -1.13. The van der Waals surface area contributed by atoms with E-state index >= 15 is 0 Å². The number of halogens is 1. The molecule has 1 aliphatic heterocycles. The topological polar surface area (TPSA) is 39.9 Å². The lowest BCUT2D eigenvalue weighted by Gasteiger charge is -2.32. The number of aryl methyl sites for hydroxylation is 1. The Morgan fingerprint density at radius 3 is 2.80 bits per heavy atom. The zero-order valence-electron chi connectivity index (χ0n) is 12.4. The number of fused-ring (bicyclic) bond motifs is 1. The SMILES string of the molecule is Cc1ccc2nc(C(C)Cl)n(C3(C)CCOC3C)c2n1. The lowest BCUT2D eigenvalue weighted by molar-refractivity contribution is 0.0761. The Kier molecular flexibility index (Phi) is 3.26. The third-order valence-corrected chi connectivity index (χ3v) is 4.58. The van der Waals surface area contributed by atoms with Crippen LogP contribution in [0.15, 0.2) is 12.1 Å². The Labute approximate surface area is 124 Å². The van der Waals surface area contributed by atoms with E-state index in [9.17, 15) is 0 Å². The number of aromatic nitrogens is 3. The zero-order valence-corrected chi connectivity index (χ0v) is 13.1. The van der Waals surface area contributed by atoms with Crippen molar-refractivity contribution in [3.05, 3.63) is 23.7 Å². The number of alkyl halides is 1. The van der Waals surface area contributed by atoms with Crippen LogP contribution in [0.25, 0.3) is 11.2 Å². The standard InChI is InChI=1S/C15H20ClN3O/c1-9-5-6-12-14(17-9)19(13(18-12)10(2)16)15(4)7-8-20-11(15)3/h5-6,10-11H,7-8H2,1-4H3. The molecule has 0 spiro atoms. The molecule has 3 rings (SSSR count). The van der Waals surface area contributed by atoms with Gasteiger partial charge in [0.2, 0.25) is 0 Å². The monoisotopic (exact) mass is 293 g/mol. The van der Waals surface area contributed by atoms with Gasteiger partial charge in [-0.1, -0.05) is 0 Å². The molecule has 0 saturated carbocycles. The van der Waals surface area contributed by atoms with Crippen LogP contribution in [-0.2, 0) is 10.3 Å². The van der Waals surface area contributed by atoms with Crippen LogP contribution in [0.5, 0.6) is 0 Å². The highest BCUT2D eigenvalue weighted by molar-refractivity contribution is 6.20. The third-order valence-electron chi connectivity index (χ3n) is 4.39. The van der Waals surface area contributed by atoms with Gasteiger partial charge in [0, 0.05) is 12.3 Å².